The summed E-state index contributed by atoms with van der Waals surface area (Å²) in [4.78, 5) is 24.1. The van der Waals surface area contributed by atoms with Crippen LogP contribution in [0, 0.1) is 0 Å². The largest absolute Gasteiger partial charge is 0.493 e. The van der Waals surface area contributed by atoms with Gasteiger partial charge in [-0.1, -0.05) is 37.5 Å². The van der Waals surface area contributed by atoms with Crippen LogP contribution in [-0.2, 0) is 4.79 Å². The van der Waals surface area contributed by atoms with Gasteiger partial charge in [0.2, 0.25) is 5.91 Å². The van der Waals surface area contributed by atoms with E-state index in [0.29, 0.717) is 32.0 Å². The molecule has 0 spiro atoms. The lowest BCUT2D eigenvalue weighted by atomic mass is 9.96. The van der Waals surface area contributed by atoms with Gasteiger partial charge in [0.25, 0.3) is 0 Å². The van der Waals surface area contributed by atoms with E-state index in [4.69, 9.17) is 4.74 Å². The zero-order valence-electron chi connectivity index (χ0n) is 15.3. The van der Waals surface area contributed by atoms with E-state index in [2.05, 4.69) is 16.0 Å². The standard InChI is InChI=1S/C20H29N3O3/c24-19(23-17-12-14-26-18-10-5-4-9-16(17)18)11-6-13-21-20(25)22-15-7-2-1-3-8-15/h4-5,9-10,15,17H,1-3,6-8,11-14H2,(H,23,24)(H2,21,22,25)/t17-/m1/s1. The zero-order chi connectivity index (χ0) is 18.2. The van der Waals surface area contributed by atoms with Crippen molar-refractivity contribution in [1.29, 1.82) is 0 Å². The number of hydrogen-bond acceptors (Lipinski definition) is 3. The highest BCUT2D eigenvalue weighted by Gasteiger charge is 2.22. The van der Waals surface area contributed by atoms with Gasteiger partial charge in [0.1, 0.15) is 5.75 Å². The molecule has 3 amide bonds. The maximum Gasteiger partial charge on any atom is 0.315 e. The number of para-hydroxylation sites is 1. The van der Waals surface area contributed by atoms with Gasteiger partial charge in [0.05, 0.1) is 12.6 Å². The molecule has 1 atom stereocenters. The van der Waals surface area contributed by atoms with Crippen molar-refractivity contribution in [2.75, 3.05) is 13.2 Å². The van der Waals surface area contributed by atoms with Crippen molar-refractivity contribution in [2.45, 2.75) is 63.5 Å². The lowest BCUT2D eigenvalue weighted by Gasteiger charge is -2.26. The van der Waals surface area contributed by atoms with Crippen molar-refractivity contribution in [3.63, 3.8) is 0 Å². The molecule has 1 heterocycles. The van der Waals surface area contributed by atoms with E-state index in [1.165, 1.54) is 19.3 Å². The molecular weight excluding hydrogens is 330 g/mol. The monoisotopic (exact) mass is 359 g/mol. The summed E-state index contributed by atoms with van der Waals surface area (Å²) in [6.45, 7) is 1.13. The van der Waals surface area contributed by atoms with Crippen LogP contribution in [0.25, 0.3) is 0 Å². The number of ether oxygens (including phenoxy) is 1. The highest BCUT2D eigenvalue weighted by Crippen LogP contribution is 2.31. The molecule has 3 rings (SSSR count). The lowest BCUT2D eigenvalue weighted by molar-refractivity contribution is -0.122. The van der Waals surface area contributed by atoms with Crippen molar-refractivity contribution < 1.29 is 14.3 Å². The molecule has 0 aromatic heterocycles. The molecule has 1 aromatic carbocycles. The molecule has 0 bridgehead atoms. The van der Waals surface area contributed by atoms with Gasteiger partial charge in [-0.3, -0.25) is 4.79 Å². The van der Waals surface area contributed by atoms with Gasteiger partial charge >= 0.3 is 6.03 Å². The molecular formula is C20H29N3O3. The second kappa shape index (κ2) is 9.46. The predicted molar refractivity (Wildman–Crippen MR) is 100 cm³/mol. The van der Waals surface area contributed by atoms with E-state index in [0.717, 1.165) is 30.6 Å². The Hall–Kier alpha value is -2.24. The first-order valence-electron chi connectivity index (χ1n) is 9.78. The highest BCUT2D eigenvalue weighted by molar-refractivity contribution is 5.77. The Morgan fingerprint density at radius 1 is 1.04 bits per heavy atom. The topological polar surface area (TPSA) is 79.5 Å². The fourth-order valence-electron chi connectivity index (χ4n) is 3.69. The van der Waals surface area contributed by atoms with Crippen molar-refractivity contribution in [1.82, 2.24) is 16.0 Å². The second-order valence-electron chi connectivity index (χ2n) is 7.13. The highest BCUT2D eigenvalue weighted by atomic mass is 16.5. The number of rotatable bonds is 6. The maximum absolute atomic E-state index is 12.2. The number of amides is 3. The molecule has 6 nitrogen and oxygen atoms in total. The van der Waals surface area contributed by atoms with Crippen molar-refractivity contribution in [3.05, 3.63) is 29.8 Å². The van der Waals surface area contributed by atoms with Crippen LogP contribution in [0.4, 0.5) is 4.79 Å². The third kappa shape index (κ3) is 5.38. The molecule has 0 unspecified atom stereocenters. The number of benzene rings is 1. The quantitative estimate of drug-likeness (QED) is 0.683. The molecule has 142 valence electrons. The number of carbonyl (C=O) groups excluding carboxylic acids is 2. The summed E-state index contributed by atoms with van der Waals surface area (Å²) in [5.74, 6) is 0.867. The zero-order valence-corrected chi connectivity index (χ0v) is 15.3. The number of carbonyl (C=O) groups is 2. The summed E-state index contributed by atoms with van der Waals surface area (Å²) < 4.78 is 5.62. The summed E-state index contributed by atoms with van der Waals surface area (Å²) in [5, 5.41) is 8.96. The first-order valence-corrected chi connectivity index (χ1v) is 9.78. The molecule has 26 heavy (non-hydrogen) atoms. The average Bonchev–Trinajstić information content (AvgIpc) is 2.66. The minimum atomic E-state index is -0.115. The molecule has 1 aliphatic carbocycles. The van der Waals surface area contributed by atoms with Crippen LogP contribution in [-0.4, -0.2) is 31.1 Å². The molecule has 3 N–H and O–H groups in total. The fraction of sp³-hybridized carbons (Fsp3) is 0.600. The first kappa shape index (κ1) is 18.5. The Balaban J connectivity index is 1.33. The molecule has 0 saturated heterocycles. The summed E-state index contributed by atoms with van der Waals surface area (Å²) in [5.41, 5.74) is 1.04. The van der Waals surface area contributed by atoms with Crippen LogP contribution in [0.5, 0.6) is 5.75 Å². The Kier molecular flexibility index (Phi) is 6.75. The van der Waals surface area contributed by atoms with Crippen LogP contribution >= 0.6 is 0 Å². The summed E-state index contributed by atoms with van der Waals surface area (Å²) in [6, 6.07) is 8.03. The minimum Gasteiger partial charge on any atom is -0.493 e. The SMILES string of the molecule is O=C(CCCNC(=O)NC1CCCCC1)N[C@@H]1CCOc2ccccc21. The van der Waals surface area contributed by atoms with E-state index >= 15 is 0 Å². The normalized spacial score (nSPS) is 19.8. The van der Waals surface area contributed by atoms with E-state index in [1.807, 2.05) is 24.3 Å². The summed E-state index contributed by atoms with van der Waals surface area (Å²) in [6.07, 6.45) is 7.63. The van der Waals surface area contributed by atoms with Crippen LogP contribution in [0.3, 0.4) is 0 Å². The van der Waals surface area contributed by atoms with Crippen molar-refractivity contribution in [3.8, 4) is 5.75 Å². The Morgan fingerprint density at radius 2 is 1.85 bits per heavy atom. The van der Waals surface area contributed by atoms with Crippen LogP contribution in [0.1, 0.15) is 63.0 Å². The van der Waals surface area contributed by atoms with Crippen LogP contribution in [0.2, 0.25) is 0 Å². The van der Waals surface area contributed by atoms with Crippen molar-refractivity contribution in [2.24, 2.45) is 0 Å². The minimum absolute atomic E-state index is 0.00927. The molecule has 1 saturated carbocycles. The van der Waals surface area contributed by atoms with Gasteiger partial charge < -0.3 is 20.7 Å². The van der Waals surface area contributed by atoms with E-state index < -0.39 is 0 Å². The Morgan fingerprint density at radius 3 is 2.69 bits per heavy atom. The average molecular weight is 359 g/mol. The van der Waals surface area contributed by atoms with Gasteiger partial charge in [0.15, 0.2) is 0 Å². The predicted octanol–water partition coefficient (Wildman–Crippen LogP) is 3.04. The summed E-state index contributed by atoms with van der Waals surface area (Å²) >= 11 is 0. The fourth-order valence-corrected chi connectivity index (χ4v) is 3.69. The van der Waals surface area contributed by atoms with E-state index in [1.54, 1.807) is 0 Å². The van der Waals surface area contributed by atoms with Gasteiger partial charge in [-0.15, -0.1) is 0 Å². The smallest absolute Gasteiger partial charge is 0.315 e. The molecule has 1 fully saturated rings. The van der Waals surface area contributed by atoms with Gasteiger partial charge in [-0.2, -0.15) is 0 Å². The molecule has 6 heteroatoms. The maximum atomic E-state index is 12.2. The van der Waals surface area contributed by atoms with E-state index in [-0.39, 0.29) is 18.0 Å². The number of hydrogen-bond donors (Lipinski definition) is 3. The molecule has 2 aliphatic rings. The van der Waals surface area contributed by atoms with Crippen LogP contribution in [0.15, 0.2) is 24.3 Å². The Labute approximate surface area is 155 Å². The van der Waals surface area contributed by atoms with Gasteiger partial charge in [-0.25, -0.2) is 4.79 Å². The Bertz CT molecular complexity index is 614. The number of fused-ring (bicyclic) bond motifs is 1. The second-order valence-corrected chi connectivity index (χ2v) is 7.13. The number of nitrogens with one attached hydrogen (secondary N) is 3. The van der Waals surface area contributed by atoms with Gasteiger partial charge in [-0.05, 0) is 25.3 Å². The van der Waals surface area contributed by atoms with Crippen molar-refractivity contribution >= 4 is 11.9 Å². The van der Waals surface area contributed by atoms with E-state index in [9.17, 15) is 9.59 Å². The first-order chi connectivity index (χ1) is 12.7. The van der Waals surface area contributed by atoms with Gasteiger partial charge in [0, 0.05) is 31.0 Å². The summed E-state index contributed by atoms with van der Waals surface area (Å²) in [7, 11) is 0. The lowest BCUT2D eigenvalue weighted by Crippen LogP contribution is -2.43. The molecule has 1 aliphatic heterocycles. The third-order valence-corrected chi connectivity index (χ3v) is 5.10. The molecule has 1 aromatic rings. The number of urea groups is 1. The van der Waals surface area contributed by atoms with Crippen LogP contribution < -0.4 is 20.7 Å². The molecule has 0 radical (unpaired) electrons. The third-order valence-electron chi connectivity index (χ3n) is 5.10.